The van der Waals surface area contributed by atoms with Crippen molar-refractivity contribution in [3.63, 3.8) is 0 Å². The molecule has 1 heterocycles. The van der Waals surface area contributed by atoms with Gasteiger partial charge in [-0.15, -0.1) is 0 Å². The molecular weight excluding hydrogens is 730 g/mol. The van der Waals surface area contributed by atoms with Crippen LogP contribution < -0.4 is 4.74 Å². The SMILES string of the molecule is CCOc1ccc(Cc2cc([C@]3(OC)O[C@@](C=O)(CO)[C@@H](OCc4ccccc4)C(OCc4ccccc4)[C@H]3OCc3ccccc3)ccc2Cl)c(F)c1F. The van der Waals surface area contributed by atoms with E-state index in [2.05, 4.69) is 0 Å². The third-order valence-electron chi connectivity index (χ3n) is 9.63. The lowest BCUT2D eigenvalue weighted by atomic mass is 9.80. The van der Waals surface area contributed by atoms with Crippen LogP contribution in [0.2, 0.25) is 5.02 Å². The number of halogens is 3. The Labute approximate surface area is 324 Å². The fourth-order valence-electron chi connectivity index (χ4n) is 6.81. The first-order chi connectivity index (χ1) is 26.8. The maximum Gasteiger partial charge on any atom is 0.225 e. The zero-order chi connectivity index (χ0) is 38.8. The maximum atomic E-state index is 15.4. The normalized spacial score (nSPS) is 22.3. The fraction of sp³-hybridized carbons (Fsp3) is 0.295. The molecule has 0 saturated carbocycles. The highest BCUT2D eigenvalue weighted by molar-refractivity contribution is 6.31. The third-order valence-corrected chi connectivity index (χ3v) is 10.00. The van der Waals surface area contributed by atoms with E-state index < -0.39 is 47.9 Å². The Morgan fingerprint density at radius 1 is 0.745 bits per heavy atom. The molecule has 6 rings (SSSR count). The number of benzene rings is 5. The van der Waals surface area contributed by atoms with E-state index in [1.807, 2.05) is 91.0 Å². The van der Waals surface area contributed by atoms with Gasteiger partial charge < -0.3 is 33.5 Å². The molecule has 1 saturated heterocycles. The summed E-state index contributed by atoms with van der Waals surface area (Å²) in [5.74, 6) is -4.33. The van der Waals surface area contributed by atoms with Crippen molar-refractivity contribution >= 4 is 17.9 Å². The van der Waals surface area contributed by atoms with Gasteiger partial charge in [0.2, 0.25) is 11.6 Å². The van der Waals surface area contributed by atoms with Crippen molar-refractivity contribution in [2.45, 2.75) is 62.9 Å². The molecule has 5 atom stereocenters. The van der Waals surface area contributed by atoms with Crippen molar-refractivity contribution in [1.82, 2.24) is 0 Å². The van der Waals surface area contributed by atoms with Gasteiger partial charge in [0, 0.05) is 24.1 Å². The van der Waals surface area contributed by atoms with Crippen LogP contribution in [-0.4, -0.2) is 55.6 Å². The maximum absolute atomic E-state index is 15.4. The first-order valence-corrected chi connectivity index (χ1v) is 18.3. The lowest BCUT2D eigenvalue weighted by Gasteiger charge is -2.55. The Morgan fingerprint density at radius 2 is 1.31 bits per heavy atom. The molecule has 1 aliphatic heterocycles. The average Bonchev–Trinajstić information content (AvgIpc) is 3.23. The van der Waals surface area contributed by atoms with Crippen LogP contribution >= 0.6 is 11.6 Å². The number of methoxy groups -OCH3 is 1. The number of rotatable bonds is 17. The largest absolute Gasteiger partial charge is 0.491 e. The molecule has 1 fully saturated rings. The highest BCUT2D eigenvalue weighted by atomic mass is 35.5. The first-order valence-electron chi connectivity index (χ1n) is 17.9. The van der Waals surface area contributed by atoms with Gasteiger partial charge in [0.25, 0.3) is 0 Å². The molecule has 55 heavy (non-hydrogen) atoms. The van der Waals surface area contributed by atoms with Crippen LogP contribution in [0.25, 0.3) is 0 Å². The van der Waals surface area contributed by atoms with Gasteiger partial charge in [-0.3, -0.25) is 4.79 Å². The van der Waals surface area contributed by atoms with E-state index >= 15 is 4.39 Å². The molecule has 1 aliphatic rings. The number of carbonyl (C=O) groups is 1. The van der Waals surface area contributed by atoms with Crippen molar-refractivity contribution in [2.75, 3.05) is 20.3 Å². The van der Waals surface area contributed by atoms with E-state index in [1.54, 1.807) is 25.1 Å². The predicted molar refractivity (Wildman–Crippen MR) is 202 cm³/mol. The number of ether oxygens (including phenoxy) is 6. The molecule has 11 heteroatoms. The lowest BCUT2D eigenvalue weighted by Crippen LogP contribution is -2.72. The van der Waals surface area contributed by atoms with Gasteiger partial charge in [0.1, 0.15) is 18.3 Å². The summed E-state index contributed by atoms with van der Waals surface area (Å²) in [5, 5.41) is 11.4. The minimum Gasteiger partial charge on any atom is -0.491 e. The Balaban J connectivity index is 1.48. The zero-order valence-electron chi connectivity index (χ0n) is 30.5. The van der Waals surface area contributed by atoms with Crippen molar-refractivity contribution in [1.29, 1.82) is 0 Å². The molecule has 0 aromatic heterocycles. The van der Waals surface area contributed by atoms with E-state index in [-0.39, 0.29) is 49.2 Å². The highest BCUT2D eigenvalue weighted by Gasteiger charge is 2.64. The van der Waals surface area contributed by atoms with Crippen molar-refractivity contribution in [3.8, 4) is 5.75 Å². The predicted octanol–water partition coefficient (Wildman–Crippen LogP) is 8.12. The Bertz CT molecular complexity index is 2000. The van der Waals surface area contributed by atoms with Gasteiger partial charge in [0.05, 0.1) is 33.0 Å². The summed E-state index contributed by atoms with van der Waals surface area (Å²) in [6, 6.07) is 35.9. The van der Waals surface area contributed by atoms with E-state index in [4.69, 9.17) is 40.0 Å². The van der Waals surface area contributed by atoms with Gasteiger partial charge in [-0.05, 0) is 52.9 Å². The smallest absolute Gasteiger partial charge is 0.225 e. The van der Waals surface area contributed by atoms with Crippen LogP contribution in [-0.2, 0) is 60.5 Å². The van der Waals surface area contributed by atoms with Crippen molar-refractivity contribution in [3.05, 3.63) is 171 Å². The minimum absolute atomic E-state index is 0.0314. The molecule has 5 aromatic carbocycles. The fourth-order valence-corrected chi connectivity index (χ4v) is 7.00. The molecule has 0 amide bonds. The number of aliphatic hydroxyl groups excluding tert-OH is 1. The Hall–Kier alpha value is -4.52. The van der Waals surface area contributed by atoms with Crippen LogP contribution in [0, 0.1) is 11.6 Å². The summed E-state index contributed by atoms with van der Waals surface area (Å²) in [6.07, 6.45) is -3.09. The average molecular weight is 773 g/mol. The van der Waals surface area contributed by atoms with Crippen molar-refractivity contribution < 1.29 is 47.1 Å². The number of aldehydes is 1. The summed E-state index contributed by atoms with van der Waals surface area (Å²) >= 11 is 6.71. The highest BCUT2D eigenvalue weighted by Crippen LogP contribution is 2.48. The monoisotopic (exact) mass is 772 g/mol. The topological polar surface area (TPSA) is 92.7 Å². The first kappa shape index (κ1) is 40.2. The molecule has 0 spiro atoms. The Kier molecular flexibility index (Phi) is 13.4. The minimum atomic E-state index is -2.04. The van der Waals surface area contributed by atoms with Gasteiger partial charge in [-0.2, -0.15) is 4.39 Å². The van der Waals surface area contributed by atoms with Crippen LogP contribution in [0.5, 0.6) is 5.75 Å². The van der Waals surface area contributed by atoms with E-state index in [0.717, 1.165) is 16.7 Å². The molecule has 5 aromatic rings. The second-order valence-corrected chi connectivity index (χ2v) is 13.6. The summed E-state index contributed by atoms with van der Waals surface area (Å²) in [6.45, 7) is 1.24. The third kappa shape index (κ3) is 8.82. The van der Waals surface area contributed by atoms with Crippen LogP contribution in [0.3, 0.4) is 0 Å². The van der Waals surface area contributed by atoms with Gasteiger partial charge in [0.15, 0.2) is 23.5 Å². The van der Waals surface area contributed by atoms with E-state index in [1.165, 1.54) is 19.2 Å². The van der Waals surface area contributed by atoms with Crippen LogP contribution in [0.4, 0.5) is 8.78 Å². The van der Waals surface area contributed by atoms with Crippen LogP contribution in [0.1, 0.15) is 40.3 Å². The standard InChI is InChI=1S/C44H43ClF2O8/c1-3-51-37-22-19-33(38(46)39(37)47)23-34-24-35(20-21-36(34)45)44(50-2)42(54-27-32-17-11-6-12-18-32)40(52-25-30-13-7-4-8-14-30)41(43(28-48,29-49)55-44)53-26-31-15-9-5-10-16-31/h4-22,24,28,40-42,49H,3,23,25-27,29H2,1-2H3/t40?,41-,42+,43-,44-/m0/s1. The molecule has 0 bridgehead atoms. The molecule has 0 aliphatic carbocycles. The van der Waals surface area contributed by atoms with E-state index in [0.29, 0.717) is 17.4 Å². The number of hydrogen-bond donors (Lipinski definition) is 1. The number of aliphatic hydroxyl groups is 1. The molecule has 0 radical (unpaired) electrons. The quantitative estimate of drug-likeness (QED) is 0.0949. The van der Waals surface area contributed by atoms with Gasteiger partial charge >= 0.3 is 0 Å². The molecule has 288 valence electrons. The second-order valence-electron chi connectivity index (χ2n) is 13.2. The molecule has 8 nitrogen and oxygen atoms in total. The summed E-state index contributed by atoms with van der Waals surface area (Å²) in [4.78, 5) is 13.4. The lowest BCUT2D eigenvalue weighted by molar-refractivity contribution is -0.401. The summed E-state index contributed by atoms with van der Waals surface area (Å²) in [5.41, 5.74) is 1.18. The number of hydrogen-bond acceptors (Lipinski definition) is 8. The summed E-state index contributed by atoms with van der Waals surface area (Å²) < 4.78 is 68.6. The van der Waals surface area contributed by atoms with Crippen molar-refractivity contribution in [2.24, 2.45) is 0 Å². The van der Waals surface area contributed by atoms with Gasteiger partial charge in [-0.25, -0.2) is 4.39 Å². The Morgan fingerprint density at radius 3 is 1.84 bits per heavy atom. The molecular formula is C44H43ClF2O8. The van der Waals surface area contributed by atoms with Crippen LogP contribution in [0.15, 0.2) is 121 Å². The molecule has 1 unspecified atom stereocenters. The second kappa shape index (κ2) is 18.4. The number of carbonyl (C=O) groups excluding carboxylic acids is 1. The summed E-state index contributed by atoms with van der Waals surface area (Å²) in [7, 11) is 1.39. The zero-order valence-corrected chi connectivity index (χ0v) is 31.3. The van der Waals surface area contributed by atoms with E-state index in [9.17, 15) is 14.3 Å². The van der Waals surface area contributed by atoms with Gasteiger partial charge in [-0.1, -0.05) is 115 Å². The molecule has 1 N–H and O–H groups in total.